The molecule has 0 bridgehead atoms. The van der Waals surface area contributed by atoms with E-state index < -0.39 is 6.61 Å². The normalized spacial score (nSPS) is 18.4. The molecule has 0 aliphatic carbocycles. The van der Waals surface area contributed by atoms with Crippen LogP contribution in [-0.2, 0) is 4.79 Å². The monoisotopic (exact) mass is 300 g/mol. The number of halogens is 2. The number of nitrogens with one attached hydrogen (secondary N) is 2. The molecule has 1 aliphatic rings. The van der Waals surface area contributed by atoms with Crippen LogP contribution in [0.4, 0.5) is 14.5 Å². The van der Waals surface area contributed by atoms with Crippen LogP contribution in [0.5, 0.6) is 11.5 Å². The summed E-state index contributed by atoms with van der Waals surface area (Å²) < 4.78 is 34.2. The summed E-state index contributed by atoms with van der Waals surface area (Å²) in [6.45, 7) is -2.18. The van der Waals surface area contributed by atoms with Crippen molar-refractivity contribution in [3.63, 3.8) is 0 Å². The maximum atomic E-state index is 12.4. The predicted octanol–water partition coefficient (Wildman–Crippen LogP) is 2.38. The lowest BCUT2D eigenvalue weighted by atomic mass is 10.0. The maximum absolute atomic E-state index is 12.4. The van der Waals surface area contributed by atoms with Crippen molar-refractivity contribution in [1.82, 2.24) is 5.32 Å². The van der Waals surface area contributed by atoms with Crippen LogP contribution in [0.25, 0.3) is 0 Å². The molecule has 1 fully saturated rings. The topological polar surface area (TPSA) is 59.6 Å². The van der Waals surface area contributed by atoms with Crippen LogP contribution in [0, 0.1) is 0 Å². The molecule has 5 nitrogen and oxygen atoms in total. The molecule has 2 N–H and O–H groups in total. The van der Waals surface area contributed by atoms with Gasteiger partial charge in [-0.3, -0.25) is 4.79 Å². The molecule has 0 aromatic heterocycles. The van der Waals surface area contributed by atoms with E-state index in [9.17, 15) is 13.6 Å². The molecule has 1 unspecified atom stereocenters. The standard InChI is InChI=1S/C14H18F2N2O3/c1-20-9-5-6-12(21-14(15)16)11(8-9)18-13(19)10-4-2-3-7-17-10/h5-6,8,10,14,17H,2-4,7H2,1H3,(H,18,19). The van der Waals surface area contributed by atoms with Crippen molar-refractivity contribution in [3.8, 4) is 11.5 Å². The summed E-state index contributed by atoms with van der Waals surface area (Å²) in [6.07, 6.45) is 2.72. The summed E-state index contributed by atoms with van der Waals surface area (Å²) in [4.78, 5) is 12.1. The summed E-state index contributed by atoms with van der Waals surface area (Å²) in [7, 11) is 1.46. The summed E-state index contributed by atoms with van der Waals surface area (Å²) in [5, 5.41) is 5.72. The van der Waals surface area contributed by atoms with Crippen molar-refractivity contribution in [2.75, 3.05) is 19.0 Å². The minimum atomic E-state index is -2.96. The van der Waals surface area contributed by atoms with Crippen molar-refractivity contribution < 1.29 is 23.0 Å². The number of hydrogen-bond donors (Lipinski definition) is 2. The Balaban J connectivity index is 2.13. The zero-order valence-corrected chi connectivity index (χ0v) is 11.7. The molecular weight excluding hydrogens is 282 g/mol. The molecule has 0 spiro atoms. The number of carbonyl (C=O) groups is 1. The van der Waals surface area contributed by atoms with Crippen molar-refractivity contribution in [2.45, 2.75) is 31.9 Å². The largest absolute Gasteiger partial charge is 0.497 e. The SMILES string of the molecule is COc1ccc(OC(F)F)c(NC(=O)C2CCCCN2)c1. The minimum absolute atomic E-state index is 0.0880. The van der Waals surface area contributed by atoms with Gasteiger partial charge in [0.15, 0.2) is 0 Å². The number of alkyl halides is 2. The van der Waals surface area contributed by atoms with Gasteiger partial charge in [0.2, 0.25) is 5.91 Å². The molecule has 1 aromatic carbocycles. The van der Waals surface area contributed by atoms with E-state index in [1.165, 1.54) is 25.3 Å². The first-order valence-corrected chi connectivity index (χ1v) is 6.77. The van der Waals surface area contributed by atoms with Crippen molar-refractivity contribution in [2.24, 2.45) is 0 Å². The van der Waals surface area contributed by atoms with Crippen LogP contribution < -0.4 is 20.1 Å². The van der Waals surface area contributed by atoms with Gasteiger partial charge in [-0.05, 0) is 31.5 Å². The molecule has 0 radical (unpaired) electrons. The van der Waals surface area contributed by atoms with Gasteiger partial charge in [0.05, 0.1) is 18.8 Å². The van der Waals surface area contributed by atoms with Crippen LogP contribution in [0.15, 0.2) is 18.2 Å². The van der Waals surface area contributed by atoms with Crippen LogP contribution >= 0.6 is 0 Å². The number of piperidine rings is 1. The first kappa shape index (κ1) is 15.5. The lowest BCUT2D eigenvalue weighted by Gasteiger charge is -2.23. The van der Waals surface area contributed by atoms with E-state index in [1.807, 2.05) is 0 Å². The average Bonchev–Trinajstić information content (AvgIpc) is 2.49. The van der Waals surface area contributed by atoms with Gasteiger partial charge in [0.1, 0.15) is 11.5 Å². The van der Waals surface area contributed by atoms with Gasteiger partial charge in [-0.25, -0.2) is 0 Å². The molecule has 116 valence electrons. The number of carbonyl (C=O) groups excluding carboxylic acids is 1. The fourth-order valence-corrected chi connectivity index (χ4v) is 2.23. The lowest BCUT2D eigenvalue weighted by molar-refractivity contribution is -0.118. The third-order valence-electron chi connectivity index (χ3n) is 3.29. The molecule has 7 heteroatoms. The van der Waals surface area contributed by atoms with E-state index in [4.69, 9.17) is 4.74 Å². The van der Waals surface area contributed by atoms with Crippen LogP contribution in [0.2, 0.25) is 0 Å². The second-order valence-electron chi connectivity index (χ2n) is 4.73. The highest BCUT2D eigenvalue weighted by molar-refractivity contribution is 5.96. The van der Waals surface area contributed by atoms with Crippen LogP contribution in [0.3, 0.4) is 0 Å². The highest BCUT2D eigenvalue weighted by Crippen LogP contribution is 2.30. The number of ether oxygens (including phenoxy) is 2. The number of methoxy groups -OCH3 is 1. The Morgan fingerprint density at radius 1 is 1.43 bits per heavy atom. The first-order chi connectivity index (χ1) is 10.1. The molecule has 1 heterocycles. The Hall–Kier alpha value is -1.89. The van der Waals surface area contributed by atoms with E-state index in [-0.39, 0.29) is 23.4 Å². The fraction of sp³-hybridized carbons (Fsp3) is 0.500. The van der Waals surface area contributed by atoms with Gasteiger partial charge in [0, 0.05) is 6.07 Å². The van der Waals surface area contributed by atoms with Crippen molar-refractivity contribution >= 4 is 11.6 Å². The van der Waals surface area contributed by atoms with Gasteiger partial charge in [-0.2, -0.15) is 8.78 Å². The molecule has 1 aromatic rings. The predicted molar refractivity (Wildman–Crippen MR) is 73.9 cm³/mol. The Bertz CT molecular complexity index is 491. The van der Waals surface area contributed by atoms with E-state index in [1.54, 1.807) is 0 Å². The molecular formula is C14H18F2N2O3. The maximum Gasteiger partial charge on any atom is 0.387 e. The number of hydrogen-bond acceptors (Lipinski definition) is 4. The van der Waals surface area contributed by atoms with Gasteiger partial charge in [-0.1, -0.05) is 6.42 Å². The van der Waals surface area contributed by atoms with E-state index in [0.717, 1.165) is 25.8 Å². The van der Waals surface area contributed by atoms with Crippen LogP contribution in [-0.4, -0.2) is 32.2 Å². The summed E-state index contributed by atoms with van der Waals surface area (Å²) in [5.41, 5.74) is 0.173. The quantitative estimate of drug-likeness (QED) is 0.876. The molecule has 1 saturated heterocycles. The zero-order chi connectivity index (χ0) is 15.2. The lowest BCUT2D eigenvalue weighted by Crippen LogP contribution is -2.43. The summed E-state index contributed by atoms with van der Waals surface area (Å²) in [5.74, 6) is 0.0977. The average molecular weight is 300 g/mol. The molecule has 1 atom stereocenters. The Labute approximate surface area is 121 Å². The van der Waals surface area contributed by atoms with Gasteiger partial charge >= 0.3 is 6.61 Å². The van der Waals surface area contributed by atoms with E-state index in [0.29, 0.717) is 5.75 Å². The number of amides is 1. The summed E-state index contributed by atoms with van der Waals surface area (Å²) >= 11 is 0. The van der Waals surface area contributed by atoms with Crippen molar-refractivity contribution in [3.05, 3.63) is 18.2 Å². The number of rotatable bonds is 5. The number of anilines is 1. The molecule has 1 amide bonds. The Kier molecular flexibility index (Phi) is 5.32. The smallest absolute Gasteiger partial charge is 0.387 e. The van der Waals surface area contributed by atoms with E-state index in [2.05, 4.69) is 15.4 Å². The fourth-order valence-electron chi connectivity index (χ4n) is 2.23. The van der Waals surface area contributed by atoms with Gasteiger partial charge < -0.3 is 20.1 Å². The van der Waals surface area contributed by atoms with Gasteiger partial charge in [0.25, 0.3) is 0 Å². The Morgan fingerprint density at radius 3 is 2.86 bits per heavy atom. The highest BCUT2D eigenvalue weighted by atomic mass is 19.3. The Morgan fingerprint density at radius 2 is 2.24 bits per heavy atom. The zero-order valence-electron chi connectivity index (χ0n) is 11.7. The number of benzene rings is 1. The van der Waals surface area contributed by atoms with Crippen LogP contribution in [0.1, 0.15) is 19.3 Å². The third kappa shape index (κ3) is 4.29. The van der Waals surface area contributed by atoms with Crippen molar-refractivity contribution in [1.29, 1.82) is 0 Å². The minimum Gasteiger partial charge on any atom is -0.497 e. The molecule has 0 saturated carbocycles. The van der Waals surface area contributed by atoms with E-state index >= 15 is 0 Å². The highest BCUT2D eigenvalue weighted by Gasteiger charge is 2.22. The molecule has 21 heavy (non-hydrogen) atoms. The third-order valence-corrected chi connectivity index (χ3v) is 3.29. The second-order valence-corrected chi connectivity index (χ2v) is 4.73. The molecule has 1 aliphatic heterocycles. The van der Waals surface area contributed by atoms with Gasteiger partial charge in [-0.15, -0.1) is 0 Å². The first-order valence-electron chi connectivity index (χ1n) is 6.77. The second kappa shape index (κ2) is 7.21. The molecule has 2 rings (SSSR count). The summed E-state index contributed by atoms with van der Waals surface area (Å²) in [6, 6.07) is 3.98.